The first-order valence-corrected chi connectivity index (χ1v) is 9.11. The maximum Gasteiger partial charge on any atom is 0.255 e. The largest absolute Gasteiger partial charge is 0.507 e. The van der Waals surface area contributed by atoms with E-state index in [0.29, 0.717) is 19.0 Å². The van der Waals surface area contributed by atoms with E-state index in [4.69, 9.17) is 0 Å². The fourth-order valence-corrected chi connectivity index (χ4v) is 2.75. The van der Waals surface area contributed by atoms with E-state index in [2.05, 4.69) is 17.6 Å². The predicted octanol–water partition coefficient (Wildman–Crippen LogP) is 3.06. The molecule has 0 aliphatic carbocycles. The van der Waals surface area contributed by atoms with E-state index in [1.165, 1.54) is 12.1 Å². The number of hydrogen-bond acceptors (Lipinski definition) is 4. The molecule has 1 atom stereocenters. The Morgan fingerprint density at radius 3 is 1.81 bits per heavy atom. The summed E-state index contributed by atoms with van der Waals surface area (Å²) in [5.74, 6) is -0.227. The molecular weight excluding hydrogens is 344 g/mol. The highest BCUT2D eigenvalue weighted by atomic mass is 16.3. The van der Waals surface area contributed by atoms with Gasteiger partial charge < -0.3 is 20.8 Å². The SMILES string of the molecule is CC(CCCNC(=O)c1ccccc1O)CCNC(=O)c1ccccc1O. The van der Waals surface area contributed by atoms with E-state index >= 15 is 0 Å². The number of hydrogen-bond donors (Lipinski definition) is 4. The van der Waals surface area contributed by atoms with Gasteiger partial charge in [-0.1, -0.05) is 31.2 Å². The monoisotopic (exact) mass is 370 g/mol. The summed E-state index contributed by atoms with van der Waals surface area (Å²) >= 11 is 0. The Balaban J connectivity index is 1.62. The molecule has 0 aliphatic heterocycles. The molecule has 0 aliphatic rings. The normalized spacial score (nSPS) is 11.6. The molecule has 0 radical (unpaired) electrons. The minimum Gasteiger partial charge on any atom is -0.507 e. The molecule has 0 spiro atoms. The first-order chi connectivity index (χ1) is 13.0. The van der Waals surface area contributed by atoms with Gasteiger partial charge in [0.2, 0.25) is 0 Å². The molecule has 2 aromatic carbocycles. The predicted molar refractivity (Wildman–Crippen MR) is 104 cm³/mol. The molecule has 2 aromatic rings. The number of carbonyl (C=O) groups excluding carboxylic acids is 2. The summed E-state index contributed by atoms with van der Waals surface area (Å²) in [6, 6.07) is 12.9. The average molecular weight is 370 g/mol. The number of aromatic hydroxyl groups is 2. The lowest BCUT2D eigenvalue weighted by atomic mass is 10.0. The second-order valence-corrected chi connectivity index (χ2v) is 6.58. The summed E-state index contributed by atoms with van der Waals surface area (Å²) < 4.78 is 0. The van der Waals surface area contributed by atoms with Gasteiger partial charge in [0, 0.05) is 13.1 Å². The van der Waals surface area contributed by atoms with Crippen molar-refractivity contribution in [2.45, 2.75) is 26.2 Å². The lowest BCUT2D eigenvalue weighted by Crippen LogP contribution is -2.26. The molecule has 0 aromatic heterocycles. The van der Waals surface area contributed by atoms with Crippen LogP contribution < -0.4 is 10.6 Å². The number of phenolic OH excluding ortho intramolecular Hbond substituents is 2. The van der Waals surface area contributed by atoms with Gasteiger partial charge in [0.1, 0.15) is 11.5 Å². The number of amides is 2. The zero-order chi connectivity index (χ0) is 19.6. The third kappa shape index (κ3) is 6.33. The summed E-state index contributed by atoms with van der Waals surface area (Å²) in [5.41, 5.74) is 0.550. The minimum absolute atomic E-state index is 0.0245. The molecule has 0 fully saturated rings. The van der Waals surface area contributed by atoms with Gasteiger partial charge >= 0.3 is 0 Å². The quantitative estimate of drug-likeness (QED) is 0.510. The van der Waals surface area contributed by atoms with Crippen LogP contribution in [-0.4, -0.2) is 35.1 Å². The van der Waals surface area contributed by atoms with Gasteiger partial charge in [-0.3, -0.25) is 9.59 Å². The zero-order valence-corrected chi connectivity index (χ0v) is 15.4. The highest BCUT2D eigenvalue weighted by Gasteiger charge is 2.11. The van der Waals surface area contributed by atoms with Crippen LogP contribution in [0.25, 0.3) is 0 Å². The molecule has 2 rings (SSSR count). The van der Waals surface area contributed by atoms with Gasteiger partial charge in [-0.25, -0.2) is 0 Å². The third-order valence-electron chi connectivity index (χ3n) is 4.38. The molecule has 0 bridgehead atoms. The smallest absolute Gasteiger partial charge is 0.255 e. The van der Waals surface area contributed by atoms with Crippen LogP contribution in [0.15, 0.2) is 48.5 Å². The second-order valence-electron chi connectivity index (χ2n) is 6.58. The first-order valence-electron chi connectivity index (χ1n) is 9.11. The molecule has 6 heteroatoms. The number of carbonyl (C=O) groups is 2. The van der Waals surface area contributed by atoms with Gasteiger partial charge in [0.05, 0.1) is 11.1 Å². The summed E-state index contributed by atoms with van der Waals surface area (Å²) in [6.45, 7) is 3.15. The Hall–Kier alpha value is -3.02. The van der Waals surface area contributed by atoms with E-state index in [0.717, 1.165) is 19.3 Å². The molecule has 1 unspecified atom stereocenters. The van der Waals surface area contributed by atoms with Crippen molar-refractivity contribution in [1.29, 1.82) is 0 Å². The van der Waals surface area contributed by atoms with Crippen LogP contribution in [0.4, 0.5) is 0 Å². The average Bonchev–Trinajstić information content (AvgIpc) is 2.65. The van der Waals surface area contributed by atoms with Crippen LogP contribution in [0.1, 0.15) is 46.9 Å². The molecule has 0 saturated carbocycles. The van der Waals surface area contributed by atoms with Crippen LogP contribution in [0.2, 0.25) is 0 Å². The van der Waals surface area contributed by atoms with E-state index < -0.39 is 0 Å². The molecule has 2 amide bonds. The summed E-state index contributed by atoms with van der Waals surface area (Å²) in [7, 11) is 0. The standard InChI is InChI=1S/C21H26N2O4/c1-15(12-14-23-21(27)17-9-3-5-11-19(17)25)7-6-13-22-20(26)16-8-2-4-10-18(16)24/h2-5,8-11,15,24-25H,6-7,12-14H2,1H3,(H,22,26)(H,23,27). The summed E-state index contributed by atoms with van der Waals surface area (Å²) in [4.78, 5) is 24.0. The topological polar surface area (TPSA) is 98.7 Å². The van der Waals surface area contributed by atoms with Crippen LogP contribution in [-0.2, 0) is 0 Å². The number of para-hydroxylation sites is 2. The van der Waals surface area contributed by atoms with Crippen molar-refractivity contribution >= 4 is 11.8 Å². The Labute approximate surface area is 159 Å². The van der Waals surface area contributed by atoms with Crippen LogP contribution in [0.3, 0.4) is 0 Å². The minimum atomic E-state index is -0.282. The lowest BCUT2D eigenvalue weighted by molar-refractivity contribution is 0.0938. The number of nitrogens with one attached hydrogen (secondary N) is 2. The van der Waals surface area contributed by atoms with Crippen molar-refractivity contribution < 1.29 is 19.8 Å². The zero-order valence-electron chi connectivity index (χ0n) is 15.4. The van der Waals surface area contributed by atoms with Crippen LogP contribution in [0, 0.1) is 5.92 Å². The van der Waals surface area contributed by atoms with Crippen molar-refractivity contribution in [1.82, 2.24) is 10.6 Å². The molecule has 0 saturated heterocycles. The number of benzene rings is 2. The summed E-state index contributed by atoms with van der Waals surface area (Å²) in [6.07, 6.45) is 2.54. The van der Waals surface area contributed by atoms with Crippen molar-refractivity contribution in [2.75, 3.05) is 13.1 Å². The van der Waals surface area contributed by atoms with E-state index in [9.17, 15) is 19.8 Å². The van der Waals surface area contributed by atoms with Gasteiger partial charge in [-0.05, 0) is 49.4 Å². The maximum absolute atomic E-state index is 12.0. The van der Waals surface area contributed by atoms with Crippen molar-refractivity contribution in [3.63, 3.8) is 0 Å². The van der Waals surface area contributed by atoms with Gasteiger partial charge in [-0.2, -0.15) is 0 Å². The molecule has 0 heterocycles. The number of rotatable bonds is 9. The molecule has 27 heavy (non-hydrogen) atoms. The highest BCUT2D eigenvalue weighted by Crippen LogP contribution is 2.16. The van der Waals surface area contributed by atoms with Crippen molar-refractivity contribution in [3.8, 4) is 11.5 Å². The molecule has 144 valence electrons. The Morgan fingerprint density at radius 1 is 0.815 bits per heavy atom. The van der Waals surface area contributed by atoms with Crippen LogP contribution >= 0.6 is 0 Å². The van der Waals surface area contributed by atoms with Gasteiger partial charge in [0.25, 0.3) is 11.8 Å². The Kier molecular flexibility index (Phi) is 7.67. The van der Waals surface area contributed by atoms with E-state index in [1.54, 1.807) is 36.4 Å². The first kappa shape index (κ1) is 20.3. The Morgan fingerprint density at radius 2 is 1.30 bits per heavy atom. The fraction of sp³-hybridized carbons (Fsp3) is 0.333. The highest BCUT2D eigenvalue weighted by molar-refractivity contribution is 5.97. The second kappa shape index (κ2) is 10.2. The van der Waals surface area contributed by atoms with Crippen molar-refractivity contribution in [2.24, 2.45) is 5.92 Å². The van der Waals surface area contributed by atoms with Gasteiger partial charge in [0.15, 0.2) is 0 Å². The lowest BCUT2D eigenvalue weighted by Gasteiger charge is -2.13. The van der Waals surface area contributed by atoms with Crippen molar-refractivity contribution in [3.05, 3.63) is 59.7 Å². The van der Waals surface area contributed by atoms with E-state index in [-0.39, 0.29) is 34.4 Å². The third-order valence-corrected chi connectivity index (χ3v) is 4.38. The fourth-order valence-electron chi connectivity index (χ4n) is 2.75. The van der Waals surface area contributed by atoms with Gasteiger partial charge in [-0.15, -0.1) is 0 Å². The molecular formula is C21H26N2O4. The molecule has 4 N–H and O–H groups in total. The maximum atomic E-state index is 12.0. The van der Waals surface area contributed by atoms with E-state index in [1.807, 2.05) is 0 Å². The molecule has 6 nitrogen and oxygen atoms in total. The Bertz CT molecular complexity index is 776. The van der Waals surface area contributed by atoms with Crippen LogP contribution in [0.5, 0.6) is 11.5 Å². The summed E-state index contributed by atoms with van der Waals surface area (Å²) in [5, 5.41) is 24.9. The number of phenols is 2.